The molecule has 0 amide bonds. The predicted molar refractivity (Wildman–Crippen MR) is 84.6 cm³/mol. The molecule has 0 N–H and O–H groups in total. The first kappa shape index (κ1) is 13.7. The molecule has 1 aliphatic rings. The van der Waals surface area contributed by atoms with Crippen LogP contribution in [0.2, 0.25) is 0 Å². The molecule has 4 heteroatoms. The number of hydrogen-bond acceptors (Lipinski definition) is 2. The second-order valence-electron chi connectivity index (χ2n) is 6.10. The second-order valence-corrected chi connectivity index (χ2v) is 6.36. The van der Waals surface area contributed by atoms with Crippen LogP contribution in [0.5, 0.6) is 0 Å². The fourth-order valence-corrected chi connectivity index (χ4v) is 3.27. The Morgan fingerprint density at radius 2 is 2.05 bits per heavy atom. The van der Waals surface area contributed by atoms with Crippen molar-refractivity contribution in [1.29, 1.82) is 0 Å². The third-order valence-electron chi connectivity index (χ3n) is 4.86. The minimum absolute atomic E-state index is 0.497. The quantitative estimate of drug-likeness (QED) is 0.794. The number of rotatable bonds is 3. The molecule has 3 nitrogen and oxygen atoms in total. The van der Waals surface area contributed by atoms with Gasteiger partial charge >= 0.3 is 0 Å². The smallest absolute Gasteiger partial charge is 0.152 e. The summed E-state index contributed by atoms with van der Waals surface area (Å²) in [5.74, 6) is 1.58. The van der Waals surface area contributed by atoms with E-state index in [2.05, 4.69) is 23.1 Å². The van der Waals surface area contributed by atoms with Crippen LogP contribution in [0.4, 0.5) is 5.82 Å². The van der Waals surface area contributed by atoms with Gasteiger partial charge in [0.05, 0.1) is 11.6 Å². The van der Waals surface area contributed by atoms with Crippen LogP contribution in [0.1, 0.15) is 38.8 Å². The van der Waals surface area contributed by atoms with Gasteiger partial charge in [0.15, 0.2) is 5.82 Å². The van der Waals surface area contributed by atoms with Crippen LogP contribution in [-0.4, -0.2) is 22.5 Å². The molecule has 20 heavy (non-hydrogen) atoms. The van der Waals surface area contributed by atoms with Crippen molar-refractivity contribution in [2.75, 3.05) is 18.0 Å². The summed E-state index contributed by atoms with van der Waals surface area (Å²) in [4.78, 5) is 7.19. The van der Waals surface area contributed by atoms with E-state index < -0.39 is 0 Å². The number of aromatic nitrogens is 2. The van der Waals surface area contributed by atoms with E-state index in [1.165, 1.54) is 19.3 Å². The van der Waals surface area contributed by atoms with Gasteiger partial charge in [0.2, 0.25) is 0 Å². The summed E-state index contributed by atoms with van der Waals surface area (Å²) < 4.78 is 2.11. The van der Waals surface area contributed by atoms with Crippen LogP contribution in [-0.2, 0) is 5.88 Å². The molecule has 0 spiro atoms. The van der Waals surface area contributed by atoms with Crippen LogP contribution in [0.3, 0.4) is 0 Å². The molecule has 2 aromatic heterocycles. The minimum Gasteiger partial charge on any atom is -0.355 e. The highest BCUT2D eigenvalue weighted by atomic mass is 35.5. The zero-order chi connectivity index (χ0) is 14.2. The van der Waals surface area contributed by atoms with Crippen molar-refractivity contribution in [3.8, 4) is 0 Å². The molecule has 0 aliphatic carbocycles. The lowest BCUT2D eigenvalue weighted by molar-refractivity contribution is 0.238. The first-order chi connectivity index (χ1) is 9.67. The molecule has 0 radical (unpaired) electrons. The van der Waals surface area contributed by atoms with Crippen LogP contribution in [0, 0.1) is 5.41 Å². The van der Waals surface area contributed by atoms with Crippen molar-refractivity contribution >= 4 is 23.1 Å². The van der Waals surface area contributed by atoms with Gasteiger partial charge in [-0.2, -0.15) is 0 Å². The molecule has 1 saturated heterocycles. The summed E-state index contributed by atoms with van der Waals surface area (Å²) in [6.07, 6.45) is 5.77. The van der Waals surface area contributed by atoms with E-state index in [-0.39, 0.29) is 0 Å². The van der Waals surface area contributed by atoms with Gasteiger partial charge < -0.3 is 9.30 Å². The van der Waals surface area contributed by atoms with Gasteiger partial charge in [-0.1, -0.05) is 26.3 Å². The number of pyridine rings is 1. The number of fused-ring (bicyclic) bond motifs is 1. The molecular formula is C16H22ClN3. The Labute approximate surface area is 125 Å². The SMILES string of the molecule is CCC1(C)CCN(c2nc3ccccn3c2CCl)CC1. The van der Waals surface area contributed by atoms with Gasteiger partial charge in [0.1, 0.15) is 5.65 Å². The molecule has 0 saturated carbocycles. The predicted octanol–water partition coefficient (Wildman–Crippen LogP) is 4.09. The van der Waals surface area contributed by atoms with E-state index >= 15 is 0 Å². The lowest BCUT2D eigenvalue weighted by Crippen LogP contribution is -2.39. The van der Waals surface area contributed by atoms with E-state index in [9.17, 15) is 0 Å². The van der Waals surface area contributed by atoms with E-state index in [1.807, 2.05) is 24.4 Å². The number of anilines is 1. The Kier molecular flexibility index (Phi) is 3.63. The topological polar surface area (TPSA) is 20.5 Å². The zero-order valence-electron chi connectivity index (χ0n) is 12.3. The van der Waals surface area contributed by atoms with Gasteiger partial charge in [-0.3, -0.25) is 0 Å². The lowest BCUT2D eigenvalue weighted by atomic mass is 9.78. The highest BCUT2D eigenvalue weighted by Crippen LogP contribution is 2.36. The lowest BCUT2D eigenvalue weighted by Gasteiger charge is -2.39. The standard InChI is InChI=1S/C16H22ClN3/c1-3-16(2)7-10-19(11-8-16)15-13(12-17)20-9-5-4-6-14(20)18-15/h4-6,9H,3,7-8,10-12H2,1-2H3. The number of halogens is 1. The highest BCUT2D eigenvalue weighted by molar-refractivity contribution is 6.17. The third-order valence-corrected chi connectivity index (χ3v) is 5.11. The van der Waals surface area contributed by atoms with Crippen molar-refractivity contribution in [3.05, 3.63) is 30.1 Å². The third kappa shape index (κ3) is 2.28. The Morgan fingerprint density at radius 3 is 2.70 bits per heavy atom. The zero-order valence-corrected chi connectivity index (χ0v) is 13.0. The number of alkyl halides is 1. The van der Waals surface area contributed by atoms with E-state index in [0.717, 1.165) is 30.2 Å². The molecule has 0 bridgehead atoms. The Bertz CT molecular complexity index is 597. The van der Waals surface area contributed by atoms with Gasteiger partial charge in [-0.25, -0.2) is 4.98 Å². The average Bonchev–Trinajstić information content (AvgIpc) is 2.86. The monoisotopic (exact) mass is 291 g/mol. The van der Waals surface area contributed by atoms with E-state index in [0.29, 0.717) is 11.3 Å². The fraction of sp³-hybridized carbons (Fsp3) is 0.562. The van der Waals surface area contributed by atoms with Crippen molar-refractivity contribution < 1.29 is 0 Å². The maximum atomic E-state index is 6.17. The summed E-state index contributed by atoms with van der Waals surface area (Å²) in [5.41, 5.74) is 2.60. The minimum atomic E-state index is 0.497. The van der Waals surface area contributed by atoms with E-state index in [4.69, 9.17) is 16.6 Å². The average molecular weight is 292 g/mol. The Hall–Kier alpha value is -1.22. The number of piperidine rings is 1. The van der Waals surface area contributed by atoms with Crippen LogP contribution >= 0.6 is 11.6 Å². The van der Waals surface area contributed by atoms with Gasteiger partial charge in [0, 0.05) is 19.3 Å². The summed E-state index contributed by atoms with van der Waals surface area (Å²) >= 11 is 6.17. The molecule has 0 atom stereocenters. The highest BCUT2D eigenvalue weighted by Gasteiger charge is 2.30. The molecule has 3 heterocycles. The number of nitrogens with zero attached hydrogens (tertiary/aromatic N) is 3. The van der Waals surface area contributed by atoms with Crippen molar-refractivity contribution in [3.63, 3.8) is 0 Å². The Morgan fingerprint density at radius 1 is 1.30 bits per heavy atom. The molecule has 108 valence electrons. The second kappa shape index (κ2) is 5.28. The van der Waals surface area contributed by atoms with Gasteiger partial charge in [0.25, 0.3) is 0 Å². The number of hydrogen-bond donors (Lipinski definition) is 0. The maximum absolute atomic E-state index is 6.17. The maximum Gasteiger partial charge on any atom is 0.152 e. The first-order valence-electron chi connectivity index (χ1n) is 7.44. The molecule has 1 aliphatic heterocycles. The molecule has 2 aromatic rings. The summed E-state index contributed by atoms with van der Waals surface area (Å²) in [7, 11) is 0. The Balaban J connectivity index is 1.91. The normalized spacial score (nSPS) is 18.6. The molecule has 3 rings (SSSR count). The summed E-state index contributed by atoms with van der Waals surface area (Å²) in [6, 6.07) is 6.09. The van der Waals surface area contributed by atoms with Crippen molar-refractivity contribution in [1.82, 2.24) is 9.38 Å². The van der Waals surface area contributed by atoms with Gasteiger partial charge in [-0.15, -0.1) is 11.6 Å². The summed E-state index contributed by atoms with van der Waals surface area (Å²) in [6.45, 7) is 6.86. The molecule has 0 unspecified atom stereocenters. The fourth-order valence-electron chi connectivity index (χ4n) is 3.02. The summed E-state index contributed by atoms with van der Waals surface area (Å²) in [5, 5.41) is 0. The molecule has 0 aromatic carbocycles. The number of imidazole rings is 1. The largest absolute Gasteiger partial charge is 0.355 e. The van der Waals surface area contributed by atoms with Crippen LogP contribution in [0.15, 0.2) is 24.4 Å². The van der Waals surface area contributed by atoms with Gasteiger partial charge in [-0.05, 0) is 30.4 Å². The van der Waals surface area contributed by atoms with E-state index in [1.54, 1.807) is 0 Å². The van der Waals surface area contributed by atoms with Crippen molar-refractivity contribution in [2.45, 2.75) is 39.0 Å². The van der Waals surface area contributed by atoms with Crippen LogP contribution in [0.25, 0.3) is 5.65 Å². The van der Waals surface area contributed by atoms with Crippen molar-refractivity contribution in [2.24, 2.45) is 5.41 Å². The molecule has 1 fully saturated rings. The first-order valence-corrected chi connectivity index (χ1v) is 7.97. The van der Waals surface area contributed by atoms with Crippen LogP contribution < -0.4 is 4.90 Å². The molecular weight excluding hydrogens is 270 g/mol.